The van der Waals surface area contributed by atoms with Crippen LogP contribution in [0, 0.1) is 175 Å². The molecule has 0 aliphatic heterocycles. The van der Waals surface area contributed by atoms with Gasteiger partial charge in [-0.25, -0.2) is 132 Å². The molecular weight excluding hydrogens is 1560 g/mol. The molecular formula is C68H34B2F30N2NiO4. The van der Waals surface area contributed by atoms with Gasteiger partial charge in [0.2, 0.25) is 0 Å². The minimum absolute atomic E-state index is 0. The summed E-state index contributed by atoms with van der Waals surface area (Å²) in [7, 11) is 0. The second kappa shape index (κ2) is 32.9. The summed E-state index contributed by atoms with van der Waals surface area (Å²) in [5, 5.41) is 0. The molecule has 2 aliphatic carbocycles. The van der Waals surface area contributed by atoms with Crippen molar-refractivity contribution in [1.29, 1.82) is 0 Å². The fourth-order valence-corrected chi connectivity index (χ4v) is 11.9. The van der Waals surface area contributed by atoms with Gasteiger partial charge in [0.25, 0.3) is 24.6 Å². The zero-order valence-electron chi connectivity index (χ0n) is 52.5. The number of rotatable bonds is 12. The van der Waals surface area contributed by atoms with E-state index < -0.39 is 254 Å². The maximum absolute atomic E-state index is 15.7. The van der Waals surface area contributed by atoms with Crippen molar-refractivity contribution in [3.63, 3.8) is 0 Å². The molecule has 39 heteroatoms. The number of halogens is 30. The molecule has 2 aliphatic rings. The van der Waals surface area contributed by atoms with Crippen molar-refractivity contribution in [3.8, 4) is 0 Å². The first-order valence-corrected chi connectivity index (χ1v) is 30.2. The van der Waals surface area contributed by atoms with Crippen molar-refractivity contribution in [2.24, 2.45) is 9.98 Å². The molecule has 0 aromatic heterocycles. The maximum atomic E-state index is 15.7. The van der Waals surface area contributed by atoms with E-state index in [-0.39, 0.29) is 16.5 Å². The minimum Gasteiger partial charge on any atom is -0.672 e. The smallest absolute Gasteiger partial charge is 0.672 e. The first-order chi connectivity index (χ1) is 50.0. The van der Waals surface area contributed by atoms with Crippen molar-refractivity contribution < 1.29 is 167 Å². The Morgan fingerprint density at radius 1 is 0.234 bits per heavy atom. The van der Waals surface area contributed by atoms with Crippen LogP contribution in [0.5, 0.6) is 0 Å². The summed E-state index contributed by atoms with van der Waals surface area (Å²) in [5.74, 6) is -101. The van der Waals surface area contributed by atoms with Gasteiger partial charge in [-0.1, -0.05) is 106 Å². The molecule has 107 heavy (non-hydrogen) atoms. The van der Waals surface area contributed by atoms with Gasteiger partial charge >= 0.3 is 16.5 Å². The van der Waals surface area contributed by atoms with Gasteiger partial charge in [0.05, 0.1) is 22.5 Å². The van der Waals surface area contributed by atoms with Crippen molar-refractivity contribution in [1.82, 2.24) is 0 Å². The number of carbonyl (C=O) groups excluding carboxylic acids is 2. The molecule has 0 N–H and O–H groups in total. The summed E-state index contributed by atoms with van der Waals surface area (Å²) in [6.45, 7) is 0. The average Bonchev–Trinajstić information content (AvgIpc) is 0.703. The number of para-hydroxylation sites is 2. The van der Waals surface area contributed by atoms with Gasteiger partial charge in [-0.15, -0.1) is 0 Å². The van der Waals surface area contributed by atoms with E-state index >= 15 is 52.7 Å². The first kappa shape index (κ1) is 82.4. The molecule has 0 atom stereocenters. The van der Waals surface area contributed by atoms with Crippen LogP contribution in [0.4, 0.5) is 143 Å². The van der Waals surface area contributed by atoms with Crippen LogP contribution in [0.2, 0.25) is 0 Å². The molecule has 9 aromatic rings. The summed E-state index contributed by atoms with van der Waals surface area (Å²) >= 11 is 0. The fourth-order valence-electron chi connectivity index (χ4n) is 11.9. The molecule has 0 saturated heterocycles. The second-order valence-electron chi connectivity index (χ2n) is 23.0. The molecule has 0 amide bonds. The van der Waals surface area contributed by atoms with Gasteiger partial charge in [-0.2, -0.15) is 0 Å². The van der Waals surface area contributed by atoms with Crippen LogP contribution < -0.4 is 32.8 Å². The van der Waals surface area contributed by atoms with Crippen LogP contribution in [0.1, 0.15) is 84.9 Å². The third-order valence-electron chi connectivity index (χ3n) is 16.8. The normalized spacial score (nSPS) is 13.1. The first-order valence-electron chi connectivity index (χ1n) is 30.2. The van der Waals surface area contributed by atoms with Crippen LogP contribution in [-0.4, -0.2) is 36.1 Å². The summed E-state index contributed by atoms with van der Waals surface area (Å²) < 4.78 is 459. The van der Waals surface area contributed by atoms with Crippen molar-refractivity contribution in [2.45, 2.75) is 64.2 Å². The van der Waals surface area contributed by atoms with Crippen LogP contribution in [0.3, 0.4) is 0 Å². The summed E-state index contributed by atoms with van der Waals surface area (Å²) in [5.41, 5.74) is -20.5. The number of aliphatic imine (C=N–C) groups is 2. The average molecular weight is 1590 g/mol. The number of carbonyl (C=O) groups is 2. The molecule has 0 spiro atoms. The van der Waals surface area contributed by atoms with Gasteiger partial charge in [0.15, 0.2) is 105 Å². The Labute approximate surface area is 590 Å². The number of hydrogen-bond acceptors (Lipinski definition) is 6. The Hall–Kier alpha value is -10.2. The predicted octanol–water partition coefficient (Wildman–Crippen LogP) is 17.0. The van der Waals surface area contributed by atoms with Gasteiger partial charge in [0, 0.05) is 11.4 Å². The van der Waals surface area contributed by atoms with E-state index in [1.54, 1.807) is 0 Å². The molecule has 0 radical (unpaired) electrons. The second-order valence-corrected chi connectivity index (χ2v) is 23.0. The van der Waals surface area contributed by atoms with Gasteiger partial charge in [0.1, 0.15) is 69.8 Å². The van der Waals surface area contributed by atoms with E-state index in [2.05, 4.69) is 9.98 Å². The third kappa shape index (κ3) is 14.7. The van der Waals surface area contributed by atoms with E-state index in [0.717, 1.165) is 49.2 Å². The Morgan fingerprint density at radius 3 is 0.570 bits per heavy atom. The molecule has 6 nitrogen and oxygen atoms in total. The van der Waals surface area contributed by atoms with Crippen LogP contribution >= 0.6 is 0 Å². The van der Waals surface area contributed by atoms with Crippen LogP contribution in [0.15, 0.2) is 94.9 Å². The van der Waals surface area contributed by atoms with E-state index in [4.69, 9.17) is 9.31 Å². The predicted molar refractivity (Wildman–Crippen MR) is 317 cm³/mol. The van der Waals surface area contributed by atoms with E-state index in [9.17, 15) is 88.6 Å². The Morgan fingerprint density at radius 2 is 0.393 bits per heavy atom. The molecule has 566 valence electrons. The number of benzene rings is 9. The SMILES string of the molecule is O=C(O[B-](c1c(F)c(F)c(F)c(F)c1F)(c1c(F)c(F)c(F)c(F)c1F)c1c(F)c(F)c(F)c(F)c1F)c1ccccc1N=C1CCCCC1.O=C(O[B-](c1c(F)c(F)c(F)c(F)c1F)(c1c(F)c(F)c(F)c(F)c1F)c1c(F)c(F)c(F)c(F)c1F)c1ccccc1N=C1CCCCC1.[Ni+2].c1ccccc1. The summed E-state index contributed by atoms with van der Waals surface area (Å²) in [4.78, 5) is 36.0. The summed E-state index contributed by atoms with van der Waals surface area (Å²) in [6.07, 6.45) is -7.82. The molecule has 0 heterocycles. The Kier molecular flexibility index (Phi) is 25.3. The van der Waals surface area contributed by atoms with Crippen molar-refractivity contribution in [3.05, 3.63) is 271 Å². The number of hydrogen-bond donors (Lipinski definition) is 0. The molecule has 0 bridgehead atoms. The largest absolute Gasteiger partial charge is 2.00 e. The molecule has 11 rings (SSSR count). The molecule has 0 unspecified atom stereocenters. The quantitative estimate of drug-likeness (QED) is 0.0528. The van der Waals surface area contributed by atoms with Gasteiger partial charge in [-0.3, -0.25) is 19.6 Å². The fraction of sp³-hybridized carbons (Fsp3) is 0.147. The van der Waals surface area contributed by atoms with Crippen molar-refractivity contribution in [2.75, 3.05) is 0 Å². The third-order valence-corrected chi connectivity index (χ3v) is 16.8. The Balaban J connectivity index is 0.000000248. The standard InChI is InChI=1S/2C31H14BF15NO2.C6H6.Ni/c2*33-16-13(17(34)23(40)28(45)22(16)39)32(14-18(35)24(41)29(46)25(42)19(14)36,15-20(37)26(43)30(47)27(44)21(15)38)50-31(49)11-8-4-5-9-12(11)48-10-6-2-1-3-7-10;1-2-4-6-5-3-1;/h2*4-5,8-9H,1-3,6-7H2;1-6H;/q2*-1;;+2. The van der Waals surface area contributed by atoms with E-state index in [1.807, 2.05) is 36.4 Å². The summed E-state index contributed by atoms with van der Waals surface area (Å²) in [6, 6.07) is 19.9. The van der Waals surface area contributed by atoms with Crippen LogP contribution in [0.25, 0.3) is 0 Å². The minimum atomic E-state index is -6.52. The molecule has 2 saturated carbocycles. The Bertz CT molecular complexity index is 4280. The van der Waals surface area contributed by atoms with Gasteiger partial charge < -0.3 is 9.31 Å². The number of nitrogens with zero attached hydrogens (tertiary/aromatic N) is 2. The zero-order chi connectivity index (χ0) is 78.2. The van der Waals surface area contributed by atoms with E-state index in [0.29, 0.717) is 62.8 Å². The zero-order valence-corrected chi connectivity index (χ0v) is 53.5. The van der Waals surface area contributed by atoms with E-state index in [1.165, 1.54) is 12.1 Å². The van der Waals surface area contributed by atoms with Crippen molar-refractivity contribution >= 4 is 80.2 Å². The van der Waals surface area contributed by atoms with Gasteiger partial charge in [-0.05, 0) is 75.6 Å². The maximum Gasteiger partial charge on any atom is 2.00 e. The molecule has 2 fully saturated rings. The monoisotopic (exact) mass is 1590 g/mol. The molecule has 9 aromatic carbocycles. The van der Waals surface area contributed by atoms with Crippen LogP contribution in [-0.2, 0) is 25.8 Å². The topological polar surface area (TPSA) is 77.3 Å².